The summed E-state index contributed by atoms with van der Waals surface area (Å²) in [7, 11) is 0. The number of halogens is 3. The Morgan fingerprint density at radius 2 is 2.10 bits per heavy atom. The average molecular weight is 300 g/mol. The highest BCUT2D eigenvalue weighted by atomic mass is 19.4. The molecule has 2 N–H and O–H groups in total. The molecule has 0 saturated carbocycles. The maximum atomic E-state index is 13.0. The van der Waals surface area contributed by atoms with Crippen molar-refractivity contribution in [1.82, 2.24) is 5.32 Å². The predicted octanol–water partition coefficient (Wildman–Crippen LogP) is 3.42. The molecular weight excluding hydrogens is 281 g/mol. The lowest BCUT2D eigenvalue weighted by Crippen LogP contribution is -2.38. The van der Waals surface area contributed by atoms with Gasteiger partial charge in [-0.15, -0.1) is 0 Å². The number of carbonyl (C=O) groups is 1. The van der Waals surface area contributed by atoms with Crippen molar-refractivity contribution in [2.24, 2.45) is 5.41 Å². The van der Waals surface area contributed by atoms with Crippen molar-refractivity contribution in [1.29, 1.82) is 0 Å². The summed E-state index contributed by atoms with van der Waals surface area (Å²) in [6.07, 6.45) is -2.34. The third-order valence-corrected chi connectivity index (χ3v) is 3.93. The Morgan fingerprint density at radius 1 is 1.38 bits per heavy atom. The third kappa shape index (κ3) is 3.37. The van der Waals surface area contributed by atoms with E-state index in [9.17, 15) is 18.0 Å². The van der Waals surface area contributed by atoms with Crippen LogP contribution in [0.15, 0.2) is 24.3 Å². The molecule has 1 aliphatic heterocycles. The van der Waals surface area contributed by atoms with E-state index in [1.165, 1.54) is 18.2 Å². The van der Waals surface area contributed by atoms with E-state index in [0.717, 1.165) is 12.5 Å². The highest BCUT2D eigenvalue weighted by molar-refractivity contribution is 5.96. The number of rotatable bonds is 4. The lowest BCUT2D eigenvalue weighted by atomic mass is 9.81. The number of nitrogens with one attached hydrogen (secondary N) is 2. The fraction of sp³-hybridized carbons (Fsp3) is 0.533. The number of benzene rings is 1. The molecule has 1 saturated heterocycles. The Labute approximate surface area is 121 Å². The van der Waals surface area contributed by atoms with Crippen LogP contribution in [-0.2, 0) is 11.0 Å². The molecule has 21 heavy (non-hydrogen) atoms. The summed E-state index contributed by atoms with van der Waals surface area (Å²) in [5.41, 5.74) is -1.58. The van der Waals surface area contributed by atoms with Crippen LogP contribution < -0.4 is 10.6 Å². The smallest absolute Gasteiger partial charge is 0.325 e. The second-order valence-corrected chi connectivity index (χ2v) is 5.45. The van der Waals surface area contributed by atoms with Gasteiger partial charge in [-0.25, -0.2) is 0 Å². The summed E-state index contributed by atoms with van der Waals surface area (Å²) in [5.74, 6) is -0.328. The monoisotopic (exact) mass is 300 g/mol. The molecule has 1 aromatic carbocycles. The zero-order chi connectivity index (χ0) is 15.5. The van der Waals surface area contributed by atoms with Gasteiger partial charge in [-0.1, -0.05) is 25.5 Å². The molecule has 0 radical (unpaired) electrons. The first-order chi connectivity index (χ1) is 9.89. The predicted molar refractivity (Wildman–Crippen MR) is 74.9 cm³/mol. The van der Waals surface area contributed by atoms with Gasteiger partial charge in [0.05, 0.1) is 16.7 Å². The second-order valence-electron chi connectivity index (χ2n) is 5.45. The number of carbonyl (C=O) groups excluding carboxylic acids is 1. The van der Waals surface area contributed by atoms with Crippen LogP contribution in [0, 0.1) is 5.41 Å². The molecule has 1 atom stereocenters. The summed E-state index contributed by atoms with van der Waals surface area (Å²) in [6, 6.07) is 5.08. The summed E-state index contributed by atoms with van der Waals surface area (Å²) in [5, 5.41) is 5.61. The van der Waals surface area contributed by atoms with Crippen molar-refractivity contribution in [2.45, 2.75) is 32.4 Å². The van der Waals surface area contributed by atoms with Gasteiger partial charge in [-0.2, -0.15) is 13.2 Å². The van der Waals surface area contributed by atoms with E-state index in [1.807, 2.05) is 6.92 Å². The quantitative estimate of drug-likeness (QED) is 0.894. The summed E-state index contributed by atoms with van der Waals surface area (Å²) >= 11 is 0. The van der Waals surface area contributed by atoms with E-state index in [4.69, 9.17) is 0 Å². The van der Waals surface area contributed by atoms with Gasteiger partial charge in [0.1, 0.15) is 0 Å². The molecule has 0 spiro atoms. The van der Waals surface area contributed by atoms with Gasteiger partial charge in [-0.3, -0.25) is 4.79 Å². The van der Waals surface area contributed by atoms with Gasteiger partial charge in [0, 0.05) is 6.54 Å². The first kappa shape index (κ1) is 15.8. The number of amides is 1. The molecule has 116 valence electrons. The van der Waals surface area contributed by atoms with Crippen LogP contribution >= 0.6 is 0 Å². The third-order valence-electron chi connectivity index (χ3n) is 3.93. The zero-order valence-electron chi connectivity index (χ0n) is 11.9. The van der Waals surface area contributed by atoms with Crippen molar-refractivity contribution in [3.05, 3.63) is 29.8 Å². The maximum Gasteiger partial charge on any atom is 0.418 e. The van der Waals surface area contributed by atoms with Gasteiger partial charge in [0.15, 0.2) is 0 Å². The normalized spacial score (nSPS) is 22.3. The summed E-state index contributed by atoms with van der Waals surface area (Å²) in [6.45, 7) is 3.20. The maximum absolute atomic E-state index is 13.0. The topological polar surface area (TPSA) is 41.1 Å². The minimum absolute atomic E-state index is 0.169. The molecule has 1 fully saturated rings. The largest absolute Gasteiger partial charge is 0.418 e. The molecule has 0 bridgehead atoms. The van der Waals surface area contributed by atoms with Crippen LogP contribution in [-0.4, -0.2) is 19.0 Å². The Morgan fingerprint density at radius 3 is 2.67 bits per heavy atom. The standard InChI is InChI=1S/C15H19F3N2O/c1-2-7-14(8-9-19-10-14)13(21)20-12-6-4-3-5-11(12)15(16,17)18/h3-6,19H,2,7-10H2,1H3,(H,20,21). The van der Waals surface area contributed by atoms with Crippen molar-refractivity contribution in [2.75, 3.05) is 18.4 Å². The van der Waals surface area contributed by atoms with E-state index in [1.54, 1.807) is 0 Å². The molecule has 0 aromatic heterocycles. The van der Waals surface area contributed by atoms with E-state index >= 15 is 0 Å². The Kier molecular flexibility index (Phi) is 4.56. The molecule has 1 amide bonds. The van der Waals surface area contributed by atoms with Crippen LogP contribution in [0.25, 0.3) is 0 Å². The van der Waals surface area contributed by atoms with Crippen molar-refractivity contribution in [3.8, 4) is 0 Å². The van der Waals surface area contributed by atoms with Gasteiger partial charge in [0.25, 0.3) is 0 Å². The Hall–Kier alpha value is -1.56. The number of alkyl halides is 3. The van der Waals surface area contributed by atoms with Crippen LogP contribution in [0.4, 0.5) is 18.9 Å². The summed E-state index contributed by atoms with van der Waals surface area (Å²) < 4.78 is 38.9. The SMILES string of the molecule is CCCC1(C(=O)Nc2ccccc2C(F)(F)F)CCNC1. The molecule has 1 aromatic rings. The van der Waals surface area contributed by atoms with Gasteiger partial charge in [-0.05, 0) is 31.5 Å². The molecule has 2 rings (SSSR count). The van der Waals surface area contributed by atoms with Gasteiger partial charge in [0.2, 0.25) is 5.91 Å². The molecular formula is C15H19F3N2O. The molecule has 1 unspecified atom stereocenters. The van der Waals surface area contributed by atoms with Crippen LogP contribution in [0.2, 0.25) is 0 Å². The second kappa shape index (κ2) is 6.05. The molecule has 0 aliphatic carbocycles. The lowest BCUT2D eigenvalue weighted by molar-refractivity contribution is -0.137. The molecule has 3 nitrogen and oxygen atoms in total. The van der Waals surface area contributed by atoms with Gasteiger partial charge < -0.3 is 10.6 Å². The summed E-state index contributed by atoms with van der Waals surface area (Å²) in [4.78, 5) is 12.5. The van der Waals surface area contributed by atoms with E-state index in [-0.39, 0.29) is 11.6 Å². The van der Waals surface area contributed by atoms with Crippen LogP contribution in [0.3, 0.4) is 0 Å². The minimum atomic E-state index is -4.48. The first-order valence-corrected chi connectivity index (χ1v) is 7.07. The minimum Gasteiger partial charge on any atom is -0.325 e. The van der Waals surface area contributed by atoms with Crippen molar-refractivity contribution >= 4 is 11.6 Å². The van der Waals surface area contributed by atoms with E-state index in [0.29, 0.717) is 25.9 Å². The van der Waals surface area contributed by atoms with Crippen LogP contribution in [0.1, 0.15) is 31.7 Å². The molecule has 1 heterocycles. The van der Waals surface area contributed by atoms with Crippen LogP contribution in [0.5, 0.6) is 0 Å². The number of para-hydroxylation sites is 1. The number of hydrogen-bond acceptors (Lipinski definition) is 2. The first-order valence-electron chi connectivity index (χ1n) is 7.07. The van der Waals surface area contributed by atoms with E-state index in [2.05, 4.69) is 10.6 Å². The average Bonchev–Trinajstić information content (AvgIpc) is 2.88. The zero-order valence-corrected chi connectivity index (χ0v) is 11.9. The van der Waals surface area contributed by atoms with Crippen molar-refractivity contribution in [3.63, 3.8) is 0 Å². The Balaban J connectivity index is 2.23. The molecule has 6 heteroatoms. The molecule has 1 aliphatic rings. The van der Waals surface area contributed by atoms with Crippen molar-refractivity contribution < 1.29 is 18.0 Å². The number of hydrogen-bond donors (Lipinski definition) is 2. The highest BCUT2D eigenvalue weighted by Gasteiger charge is 2.41. The number of anilines is 1. The lowest BCUT2D eigenvalue weighted by Gasteiger charge is -2.27. The Bertz CT molecular complexity index is 508. The van der Waals surface area contributed by atoms with E-state index < -0.39 is 17.2 Å². The fourth-order valence-corrected chi connectivity index (χ4v) is 2.84. The fourth-order valence-electron chi connectivity index (χ4n) is 2.84. The van der Waals surface area contributed by atoms with Gasteiger partial charge >= 0.3 is 6.18 Å². The highest BCUT2D eigenvalue weighted by Crippen LogP contribution is 2.37.